The molecule has 94 valence electrons. The van der Waals surface area contributed by atoms with Crippen molar-refractivity contribution in [2.45, 2.75) is 13.8 Å². The molecule has 17 heavy (non-hydrogen) atoms. The summed E-state index contributed by atoms with van der Waals surface area (Å²) in [6.07, 6.45) is 1.25. The van der Waals surface area contributed by atoms with E-state index in [1.54, 1.807) is 26.0 Å². The molecular formula is C11H15O4PS. The molecule has 0 aliphatic rings. The van der Waals surface area contributed by atoms with Gasteiger partial charge in [0.1, 0.15) is 0 Å². The van der Waals surface area contributed by atoms with Gasteiger partial charge in [-0.1, -0.05) is 6.07 Å². The Hall–Kier alpha value is -0.740. The third kappa shape index (κ3) is 4.56. The van der Waals surface area contributed by atoms with Gasteiger partial charge in [0.25, 0.3) is 0 Å². The van der Waals surface area contributed by atoms with Gasteiger partial charge in [0.2, 0.25) is 0 Å². The van der Waals surface area contributed by atoms with Gasteiger partial charge in [-0.05, 0) is 31.4 Å². The van der Waals surface area contributed by atoms with Crippen LogP contribution in [0.25, 0.3) is 0 Å². The van der Waals surface area contributed by atoms with Crippen LogP contribution < -0.4 is 0 Å². The monoisotopic (exact) mass is 274 g/mol. The summed E-state index contributed by atoms with van der Waals surface area (Å²) in [5.74, 6) is 1.03. The lowest BCUT2D eigenvalue weighted by Crippen LogP contribution is -1.95. The summed E-state index contributed by atoms with van der Waals surface area (Å²) in [7, 11) is -3.27. The summed E-state index contributed by atoms with van der Waals surface area (Å²) in [5.41, 5.74) is 0. The van der Waals surface area contributed by atoms with Crippen LogP contribution in [0.15, 0.2) is 29.4 Å². The molecule has 6 heteroatoms. The van der Waals surface area contributed by atoms with Crippen molar-refractivity contribution in [2.75, 3.05) is 13.2 Å². The Balaban J connectivity index is 2.73. The van der Waals surface area contributed by atoms with Gasteiger partial charge in [0.05, 0.1) is 18.1 Å². The molecule has 0 radical (unpaired) electrons. The lowest BCUT2D eigenvalue weighted by Gasteiger charge is -2.12. The van der Waals surface area contributed by atoms with Crippen molar-refractivity contribution in [3.63, 3.8) is 0 Å². The number of hydrogen-bond donors (Lipinski definition) is 0. The molecule has 1 aromatic rings. The van der Waals surface area contributed by atoms with E-state index < -0.39 is 7.60 Å². The highest BCUT2D eigenvalue weighted by atomic mass is 32.1. The number of carbonyl (C=O) groups excluding carboxylic acids is 1. The lowest BCUT2D eigenvalue weighted by molar-refractivity contribution is 0.105. The van der Waals surface area contributed by atoms with Crippen LogP contribution in [-0.4, -0.2) is 19.0 Å². The van der Waals surface area contributed by atoms with Gasteiger partial charge in [-0.25, -0.2) is 0 Å². The van der Waals surface area contributed by atoms with Gasteiger partial charge in [0.15, 0.2) is 5.78 Å². The second-order valence-electron chi connectivity index (χ2n) is 3.03. The zero-order valence-corrected chi connectivity index (χ0v) is 11.5. The Morgan fingerprint density at radius 3 is 2.53 bits per heavy atom. The molecule has 0 N–H and O–H groups in total. The summed E-state index contributed by atoms with van der Waals surface area (Å²) in [5, 5.41) is 1.81. The molecule has 1 aromatic heterocycles. The van der Waals surface area contributed by atoms with Gasteiger partial charge in [-0.3, -0.25) is 9.36 Å². The average molecular weight is 274 g/mol. The average Bonchev–Trinajstić information content (AvgIpc) is 2.80. The van der Waals surface area contributed by atoms with Crippen molar-refractivity contribution >= 4 is 24.7 Å². The minimum atomic E-state index is -3.27. The number of hydrogen-bond acceptors (Lipinski definition) is 5. The Morgan fingerprint density at radius 1 is 1.41 bits per heavy atom. The van der Waals surface area contributed by atoms with Crippen LogP contribution in [0.5, 0.6) is 0 Å². The molecule has 0 amide bonds. The van der Waals surface area contributed by atoms with Crippen LogP contribution in [0, 0.1) is 0 Å². The third-order valence-electron chi connectivity index (χ3n) is 1.79. The summed E-state index contributed by atoms with van der Waals surface area (Å²) >= 11 is 1.34. The second kappa shape index (κ2) is 6.87. The van der Waals surface area contributed by atoms with Crippen molar-refractivity contribution in [1.29, 1.82) is 0 Å². The van der Waals surface area contributed by atoms with E-state index >= 15 is 0 Å². The summed E-state index contributed by atoms with van der Waals surface area (Å²) in [6, 6.07) is 3.50. The Kier molecular flexibility index (Phi) is 5.78. The standard InChI is InChI=1S/C11H15O4PS/c1-3-14-16(13,15-4-2)8-7-10(12)11-6-5-9-17-11/h5-9H,3-4H2,1-2H3/b8-7+. The highest BCUT2D eigenvalue weighted by Gasteiger charge is 2.19. The molecule has 0 atom stereocenters. The molecule has 4 nitrogen and oxygen atoms in total. The fraction of sp³-hybridized carbons (Fsp3) is 0.364. The molecule has 1 rings (SSSR count). The topological polar surface area (TPSA) is 52.6 Å². The maximum atomic E-state index is 12.0. The van der Waals surface area contributed by atoms with Gasteiger partial charge >= 0.3 is 7.60 Å². The highest BCUT2D eigenvalue weighted by Crippen LogP contribution is 2.49. The lowest BCUT2D eigenvalue weighted by atomic mass is 10.3. The minimum Gasteiger partial charge on any atom is -0.306 e. The summed E-state index contributed by atoms with van der Waals surface area (Å²) in [6.45, 7) is 3.99. The first-order valence-electron chi connectivity index (χ1n) is 5.27. The number of carbonyl (C=O) groups is 1. The summed E-state index contributed by atoms with van der Waals surface area (Å²) in [4.78, 5) is 12.3. The number of thiophene rings is 1. The highest BCUT2D eigenvalue weighted by molar-refractivity contribution is 7.57. The second-order valence-corrected chi connectivity index (χ2v) is 5.87. The maximum Gasteiger partial charge on any atom is 0.354 e. The SMILES string of the molecule is CCOP(=O)(/C=C/C(=O)c1cccs1)OCC. The zero-order valence-electron chi connectivity index (χ0n) is 9.79. The number of allylic oxidation sites excluding steroid dienone is 1. The molecule has 0 fully saturated rings. The van der Waals surface area contributed by atoms with E-state index in [-0.39, 0.29) is 19.0 Å². The number of ketones is 1. The predicted octanol–water partition coefficient (Wildman–Crippen LogP) is 3.71. The maximum absolute atomic E-state index is 12.0. The first-order chi connectivity index (χ1) is 8.11. The Bertz CT molecular complexity index is 415. The van der Waals surface area contributed by atoms with E-state index in [4.69, 9.17) is 9.05 Å². The zero-order chi connectivity index (χ0) is 12.7. The van der Waals surface area contributed by atoms with Crippen LogP contribution in [0.4, 0.5) is 0 Å². The molecule has 0 bridgehead atoms. The molecule has 0 saturated carbocycles. The van der Waals surface area contributed by atoms with Gasteiger partial charge in [-0.2, -0.15) is 0 Å². The minimum absolute atomic E-state index is 0.195. The van der Waals surface area contributed by atoms with Gasteiger partial charge in [-0.15, -0.1) is 11.3 Å². The van der Waals surface area contributed by atoms with Crippen LogP contribution in [0.1, 0.15) is 23.5 Å². The van der Waals surface area contributed by atoms with Crippen molar-refractivity contribution in [2.24, 2.45) is 0 Å². The van der Waals surface area contributed by atoms with Crippen molar-refractivity contribution in [1.82, 2.24) is 0 Å². The number of rotatable bonds is 7. The van der Waals surface area contributed by atoms with E-state index in [0.717, 1.165) is 0 Å². The largest absolute Gasteiger partial charge is 0.354 e. The Labute approximate surface area is 105 Å². The van der Waals surface area contributed by atoms with Crippen molar-refractivity contribution < 1.29 is 18.4 Å². The van der Waals surface area contributed by atoms with Crippen LogP contribution >= 0.6 is 18.9 Å². The predicted molar refractivity (Wildman–Crippen MR) is 68.6 cm³/mol. The first-order valence-corrected chi connectivity index (χ1v) is 7.76. The molecule has 1 heterocycles. The van der Waals surface area contributed by atoms with Crippen LogP contribution in [-0.2, 0) is 13.6 Å². The van der Waals surface area contributed by atoms with Gasteiger partial charge in [0, 0.05) is 5.82 Å². The molecule has 0 spiro atoms. The molecule has 0 unspecified atom stereocenters. The van der Waals surface area contributed by atoms with Gasteiger partial charge < -0.3 is 9.05 Å². The fourth-order valence-electron chi connectivity index (χ4n) is 1.14. The van der Waals surface area contributed by atoms with E-state index in [1.165, 1.54) is 23.2 Å². The third-order valence-corrected chi connectivity index (χ3v) is 4.43. The Morgan fingerprint density at radius 2 is 2.06 bits per heavy atom. The normalized spacial score (nSPS) is 12.1. The molecule has 0 aromatic carbocycles. The molecular weight excluding hydrogens is 259 g/mol. The van der Waals surface area contributed by atoms with E-state index in [1.807, 2.05) is 5.38 Å². The molecule has 0 aliphatic carbocycles. The fourth-order valence-corrected chi connectivity index (χ4v) is 3.07. The molecule has 0 saturated heterocycles. The first kappa shape index (κ1) is 14.3. The summed E-state index contributed by atoms with van der Waals surface area (Å²) < 4.78 is 22.1. The van der Waals surface area contributed by atoms with Crippen molar-refractivity contribution in [3.8, 4) is 0 Å². The van der Waals surface area contributed by atoms with E-state index in [9.17, 15) is 9.36 Å². The quantitative estimate of drug-likeness (QED) is 0.432. The van der Waals surface area contributed by atoms with Crippen LogP contribution in [0.2, 0.25) is 0 Å². The van der Waals surface area contributed by atoms with E-state index in [0.29, 0.717) is 4.88 Å². The smallest absolute Gasteiger partial charge is 0.306 e. The van der Waals surface area contributed by atoms with E-state index in [2.05, 4.69) is 0 Å². The molecule has 0 aliphatic heterocycles. The van der Waals surface area contributed by atoms with Crippen molar-refractivity contribution in [3.05, 3.63) is 34.3 Å². The van der Waals surface area contributed by atoms with Crippen LogP contribution in [0.3, 0.4) is 0 Å².